The van der Waals surface area contributed by atoms with Gasteiger partial charge in [-0.25, -0.2) is 4.79 Å². The molecule has 0 aliphatic rings. The fraction of sp³-hybridized carbons (Fsp3) is 0.176. The summed E-state index contributed by atoms with van der Waals surface area (Å²) in [5.41, 5.74) is -2.53. The first-order valence-corrected chi connectivity index (χ1v) is 7.66. The first kappa shape index (κ1) is 18.4. The van der Waals surface area contributed by atoms with Gasteiger partial charge in [0.05, 0.1) is 5.56 Å². The molecule has 1 amide bonds. The third-order valence-corrected chi connectivity index (χ3v) is 4.05. The van der Waals surface area contributed by atoms with Crippen molar-refractivity contribution in [2.45, 2.75) is 18.6 Å². The predicted octanol–water partition coefficient (Wildman–Crippen LogP) is 2.53. The van der Waals surface area contributed by atoms with Crippen LogP contribution >= 0.6 is 0 Å². The van der Waals surface area contributed by atoms with Crippen molar-refractivity contribution < 1.29 is 27.9 Å². The second-order valence-electron chi connectivity index (χ2n) is 5.92. The lowest BCUT2D eigenvalue weighted by Crippen LogP contribution is -2.61. The molecule has 0 saturated carbocycles. The minimum Gasteiger partial charge on any atom is -0.479 e. The number of nitrogens with zero attached hydrogens (tertiary/aromatic N) is 3. The highest BCUT2D eigenvalue weighted by atomic mass is 19.4. The van der Waals surface area contributed by atoms with Crippen LogP contribution in [0, 0.1) is 0 Å². The van der Waals surface area contributed by atoms with Crippen LogP contribution in [0.3, 0.4) is 0 Å². The molecule has 7 nitrogen and oxygen atoms in total. The molecule has 0 aliphatic carbocycles. The molecule has 3 rings (SSSR count). The van der Waals surface area contributed by atoms with Gasteiger partial charge in [0.2, 0.25) is 5.54 Å². The van der Waals surface area contributed by atoms with E-state index in [0.29, 0.717) is 24.0 Å². The number of aliphatic carboxylic acids is 1. The van der Waals surface area contributed by atoms with Crippen LogP contribution in [0.2, 0.25) is 0 Å². The van der Waals surface area contributed by atoms with Crippen molar-refractivity contribution in [1.82, 2.24) is 19.9 Å². The topological polar surface area (TPSA) is 96.6 Å². The number of halogens is 3. The standard InChI is InChI=1S/C17H13F3N4O3/c1-16(15(26)27,17(18,19)20)21-14(25)11-7-8-12-22-23-13(24(12)9-11)10-5-3-2-4-6-10/h2-9H,1H3,(H,21,25)(H,26,27). The summed E-state index contributed by atoms with van der Waals surface area (Å²) in [4.78, 5) is 23.4. The summed E-state index contributed by atoms with van der Waals surface area (Å²) >= 11 is 0. The van der Waals surface area contributed by atoms with E-state index >= 15 is 0 Å². The zero-order valence-electron chi connectivity index (χ0n) is 13.9. The van der Waals surface area contributed by atoms with Gasteiger partial charge >= 0.3 is 12.1 Å². The lowest BCUT2D eigenvalue weighted by atomic mass is 10.0. The largest absolute Gasteiger partial charge is 0.479 e. The van der Waals surface area contributed by atoms with E-state index in [9.17, 15) is 22.8 Å². The second-order valence-corrected chi connectivity index (χ2v) is 5.92. The van der Waals surface area contributed by atoms with Gasteiger partial charge in [-0.05, 0) is 19.1 Å². The summed E-state index contributed by atoms with van der Waals surface area (Å²) in [5, 5.41) is 18.4. The molecule has 0 bridgehead atoms. The highest BCUT2D eigenvalue weighted by molar-refractivity contribution is 5.98. The lowest BCUT2D eigenvalue weighted by molar-refractivity contribution is -0.203. The van der Waals surface area contributed by atoms with E-state index in [-0.39, 0.29) is 5.56 Å². The van der Waals surface area contributed by atoms with Crippen LogP contribution in [0.25, 0.3) is 17.0 Å². The minimum absolute atomic E-state index is 0.170. The number of rotatable bonds is 4. The van der Waals surface area contributed by atoms with Crippen molar-refractivity contribution in [1.29, 1.82) is 0 Å². The molecule has 0 fully saturated rings. The Morgan fingerprint density at radius 3 is 2.33 bits per heavy atom. The van der Waals surface area contributed by atoms with Crippen LogP contribution in [0.15, 0.2) is 48.7 Å². The van der Waals surface area contributed by atoms with Crippen LogP contribution in [0.1, 0.15) is 17.3 Å². The van der Waals surface area contributed by atoms with Gasteiger partial charge in [0, 0.05) is 11.8 Å². The van der Waals surface area contributed by atoms with Gasteiger partial charge in [0.15, 0.2) is 11.5 Å². The Labute approximate surface area is 150 Å². The number of hydrogen-bond acceptors (Lipinski definition) is 4. The molecule has 1 atom stereocenters. The number of carboxylic acid groups (broad SMARTS) is 1. The lowest BCUT2D eigenvalue weighted by Gasteiger charge is -2.28. The molecule has 0 spiro atoms. The second kappa shape index (κ2) is 6.38. The van der Waals surface area contributed by atoms with E-state index in [1.54, 1.807) is 35.6 Å². The van der Waals surface area contributed by atoms with E-state index < -0.39 is 23.6 Å². The van der Waals surface area contributed by atoms with Gasteiger partial charge in [-0.15, -0.1) is 10.2 Å². The predicted molar refractivity (Wildman–Crippen MR) is 88.0 cm³/mol. The number of carboxylic acids is 1. The number of amides is 1. The molecule has 3 aromatic rings. The van der Waals surface area contributed by atoms with Gasteiger partial charge in [-0.1, -0.05) is 30.3 Å². The third-order valence-electron chi connectivity index (χ3n) is 4.05. The number of fused-ring (bicyclic) bond motifs is 1. The van der Waals surface area contributed by atoms with E-state index in [2.05, 4.69) is 10.2 Å². The molecule has 10 heteroatoms. The van der Waals surface area contributed by atoms with E-state index in [1.807, 2.05) is 0 Å². The van der Waals surface area contributed by atoms with Gasteiger partial charge < -0.3 is 10.4 Å². The molecule has 2 N–H and O–H groups in total. The fourth-order valence-corrected chi connectivity index (χ4v) is 2.35. The minimum atomic E-state index is -5.18. The molecular weight excluding hydrogens is 365 g/mol. The van der Waals surface area contributed by atoms with Gasteiger partial charge in [0.1, 0.15) is 0 Å². The van der Waals surface area contributed by atoms with E-state index in [4.69, 9.17) is 5.11 Å². The van der Waals surface area contributed by atoms with Crippen LogP contribution in [0.5, 0.6) is 0 Å². The van der Waals surface area contributed by atoms with E-state index in [1.165, 1.54) is 22.7 Å². The summed E-state index contributed by atoms with van der Waals surface area (Å²) in [6, 6.07) is 11.5. The summed E-state index contributed by atoms with van der Waals surface area (Å²) in [6.07, 6.45) is -3.92. The Morgan fingerprint density at radius 2 is 1.74 bits per heavy atom. The molecule has 2 aromatic heterocycles. The summed E-state index contributed by atoms with van der Waals surface area (Å²) in [7, 11) is 0. The maximum Gasteiger partial charge on any atom is 0.422 e. The zero-order chi connectivity index (χ0) is 19.8. The van der Waals surface area contributed by atoms with Crippen LogP contribution in [-0.2, 0) is 4.79 Å². The fourth-order valence-electron chi connectivity index (χ4n) is 2.35. The Bertz CT molecular complexity index is 1020. The van der Waals surface area contributed by atoms with Crippen molar-refractivity contribution in [2.75, 3.05) is 0 Å². The van der Waals surface area contributed by atoms with Gasteiger partial charge in [-0.3, -0.25) is 9.20 Å². The maximum atomic E-state index is 13.1. The highest BCUT2D eigenvalue weighted by Crippen LogP contribution is 2.30. The quantitative estimate of drug-likeness (QED) is 0.727. The average Bonchev–Trinajstić information content (AvgIpc) is 3.04. The first-order chi connectivity index (χ1) is 12.6. The maximum absolute atomic E-state index is 13.1. The Morgan fingerprint density at radius 1 is 1.07 bits per heavy atom. The molecule has 140 valence electrons. The number of carbonyl (C=O) groups is 2. The van der Waals surface area contributed by atoms with Crippen molar-refractivity contribution in [3.63, 3.8) is 0 Å². The van der Waals surface area contributed by atoms with Crippen molar-refractivity contribution in [3.05, 3.63) is 54.2 Å². The SMILES string of the molecule is CC(NC(=O)c1ccc2nnc(-c3ccccc3)n2c1)(C(=O)O)C(F)(F)F. The molecular formula is C17H13F3N4O3. The summed E-state index contributed by atoms with van der Waals surface area (Å²) in [6.45, 7) is 0.389. The number of nitrogens with one attached hydrogen (secondary N) is 1. The normalized spacial score (nSPS) is 13.9. The molecule has 1 aromatic carbocycles. The van der Waals surface area contributed by atoms with Crippen molar-refractivity contribution in [3.8, 4) is 11.4 Å². The molecule has 0 radical (unpaired) electrons. The molecule has 1 unspecified atom stereocenters. The zero-order valence-corrected chi connectivity index (χ0v) is 13.9. The van der Waals surface area contributed by atoms with Crippen LogP contribution in [0.4, 0.5) is 13.2 Å². The molecule has 2 heterocycles. The number of carbonyl (C=O) groups excluding carboxylic acids is 1. The third kappa shape index (κ3) is 3.21. The highest BCUT2D eigenvalue weighted by Gasteiger charge is 2.58. The number of hydrogen-bond donors (Lipinski definition) is 2. The van der Waals surface area contributed by atoms with Crippen LogP contribution in [-0.4, -0.2) is 43.3 Å². The Balaban J connectivity index is 2.00. The first-order valence-electron chi connectivity index (χ1n) is 7.66. The Kier molecular flexibility index (Phi) is 4.34. The number of alkyl halides is 3. The van der Waals surface area contributed by atoms with Crippen LogP contribution < -0.4 is 5.32 Å². The summed E-state index contributed by atoms with van der Waals surface area (Å²) < 4.78 is 40.7. The number of aromatic nitrogens is 3. The molecule has 0 aliphatic heterocycles. The van der Waals surface area contributed by atoms with Gasteiger partial charge in [-0.2, -0.15) is 13.2 Å². The molecule has 27 heavy (non-hydrogen) atoms. The van der Waals surface area contributed by atoms with Crippen molar-refractivity contribution >= 4 is 17.5 Å². The van der Waals surface area contributed by atoms with E-state index in [0.717, 1.165) is 0 Å². The summed E-state index contributed by atoms with van der Waals surface area (Å²) in [5.74, 6) is -3.01. The molecule has 0 saturated heterocycles. The Hall–Kier alpha value is -3.43. The number of benzene rings is 1. The monoisotopic (exact) mass is 378 g/mol. The average molecular weight is 378 g/mol. The van der Waals surface area contributed by atoms with Gasteiger partial charge in [0.25, 0.3) is 5.91 Å². The van der Waals surface area contributed by atoms with Crippen molar-refractivity contribution in [2.24, 2.45) is 0 Å². The smallest absolute Gasteiger partial charge is 0.422 e. The number of pyridine rings is 1.